The van der Waals surface area contributed by atoms with Crippen molar-refractivity contribution in [2.24, 2.45) is 0 Å². The van der Waals surface area contributed by atoms with Gasteiger partial charge in [-0.25, -0.2) is 4.98 Å². The Morgan fingerprint density at radius 3 is 2.77 bits per heavy atom. The van der Waals surface area contributed by atoms with Gasteiger partial charge in [-0.2, -0.15) is 0 Å². The first kappa shape index (κ1) is 14.1. The van der Waals surface area contributed by atoms with Gasteiger partial charge in [-0.3, -0.25) is 4.79 Å². The largest absolute Gasteiger partial charge is 0.493 e. The molecule has 0 atom stereocenters. The minimum Gasteiger partial charge on any atom is -0.493 e. The summed E-state index contributed by atoms with van der Waals surface area (Å²) in [5.41, 5.74) is 2.53. The van der Waals surface area contributed by atoms with Gasteiger partial charge >= 0.3 is 5.97 Å². The van der Waals surface area contributed by atoms with E-state index in [0.29, 0.717) is 23.6 Å². The van der Waals surface area contributed by atoms with Crippen LogP contribution in [-0.2, 0) is 11.2 Å². The number of carbonyl (C=O) groups is 1. The maximum Gasteiger partial charge on any atom is 0.306 e. The van der Waals surface area contributed by atoms with Gasteiger partial charge in [-0.05, 0) is 17.7 Å². The molecule has 2 aromatic carbocycles. The number of rotatable bonds is 6. The summed E-state index contributed by atoms with van der Waals surface area (Å²) < 4.78 is 11.1. The zero-order valence-corrected chi connectivity index (χ0v) is 11.9. The van der Waals surface area contributed by atoms with Crippen LogP contribution in [0.4, 0.5) is 0 Å². The van der Waals surface area contributed by atoms with E-state index < -0.39 is 5.97 Å². The van der Waals surface area contributed by atoms with Gasteiger partial charge in [0, 0.05) is 12.5 Å². The second-order valence-corrected chi connectivity index (χ2v) is 4.89. The molecule has 0 bridgehead atoms. The van der Waals surface area contributed by atoms with Gasteiger partial charge in [0.15, 0.2) is 11.5 Å². The number of hydrogen-bond donors (Lipinski definition) is 1. The Bertz CT molecular complexity index is 780. The lowest BCUT2D eigenvalue weighted by Crippen LogP contribution is -2.04. The quantitative estimate of drug-likeness (QED) is 0.756. The van der Waals surface area contributed by atoms with Crippen LogP contribution in [0.25, 0.3) is 11.1 Å². The van der Waals surface area contributed by atoms with E-state index in [2.05, 4.69) is 4.98 Å². The van der Waals surface area contributed by atoms with Crippen LogP contribution in [-0.4, -0.2) is 22.7 Å². The van der Waals surface area contributed by atoms with E-state index in [-0.39, 0.29) is 13.0 Å². The summed E-state index contributed by atoms with van der Waals surface area (Å²) in [5, 5.41) is 8.60. The standard InChI is InChI=1S/C17H15NO4/c19-17(20)8-9-21-13-6-7-14-15(11-13)22-16(18-14)10-12-4-2-1-3-5-12/h1-7,11H,8-10H2,(H,19,20). The van der Waals surface area contributed by atoms with Crippen LogP contribution in [0.15, 0.2) is 52.9 Å². The average Bonchev–Trinajstić information content (AvgIpc) is 2.89. The number of ether oxygens (including phenoxy) is 1. The normalized spacial score (nSPS) is 10.7. The zero-order chi connectivity index (χ0) is 15.4. The Hall–Kier alpha value is -2.82. The zero-order valence-electron chi connectivity index (χ0n) is 11.9. The van der Waals surface area contributed by atoms with Crippen LogP contribution in [0, 0.1) is 0 Å². The monoisotopic (exact) mass is 297 g/mol. The SMILES string of the molecule is O=C(O)CCOc1ccc2nc(Cc3ccccc3)oc2c1. The highest BCUT2D eigenvalue weighted by molar-refractivity contribution is 5.74. The van der Waals surface area contributed by atoms with E-state index in [1.165, 1.54) is 0 Å². The number of nitrogens with zero attached hydrogens (tertiary/aromatic N) is 1. The molecular weight excluding hydrogens is 282 g/mol. The number of benzene rings is 2. The van der Waals surface area contributed by atoms with E-state index in [1.807, 2.05) is 36.4 Å². The molecule has 1 N–H and O–H groups in total. The van der Waals surface area contributed by atoms with E-state index in [9.17, 15) is 4.79 Å². The molecule has 0 fully saturated rings. The van der Waals surface area contributed by atoms with Crippen molar-refractivity contribution in [3.63, 3.8) is 0 Å². The van der Waals surface area contributed by atoms with Crippen molar-refractivity contribution in [1.29, 1.82) is 0 Å². The maximum absolute atomic E-state index is 10.5. The van der Waals surface area contributed by atoms with Crippen molar-refractivity contribution < 1.29 is 19.1 Å². The van der Waals surface area contributed by atoms with Crippen molar-refractivity contribution in [3.8, 4) is 5.75 Å². The fraction of sp³-hybridized carbons (Fsp3) is 0.176. The molecule has 3 aromatic rings. The van der Waals surface area contributed by atoms with Gasteiger partial charge in [0.2, 0.25) is 0 Å². The van der Waals surface area contributed by atoms with Crippen molar-refractivity contribution in [3.05, 3.63) is 60.0 Å². The third-order valence-corrected chi connectivity index (χ3v) is 3.19. The van der Waals surface area contributed by atoms with E-state index in [4.69, 9.17) is 14.3 Å². The Morgan fingerprint density at radius 2 is 2.00 bits per heavy atom. The van der Waals surface area contributed by atoms with Gasteiger partial charge in [0.1, 0.15) is 11.3 Å². The summed E-state index contributed by atoms with van der Waals surface area (Å²) in [6.45, 7) is 0.131. The summed E-state index contributed by atoms with van der Waals surface area (Å²) in [6, 6.07) is 15.3. The molecule has 0 aliphatic carbocycles. The number of carboxylic acids is 1. The predicted octanol–water partition coefficient (Wildman–Crippen LogP) is 3.27. The molecule has 5 nitrogen and oxygen atoms in total. The van der Waals surface area contributed by atoms with Crippen LogP contribution in [0.2, 0.25) is 0 Å². The lowest BCUT2D eigenvalue weighted by molar-refractivity contribution is -0.137. The topological polar surface area (TPSA) is 72.6 Å². The van der Waals surface area contributed by atoms with Crippen LogP contribution in [0.3, 0.4) is 0 Å². The third kappa shape index (κ3) is 3.44. The van der Waals surface area contributed by atoms with Crippen LogP contribution in [0.5, 0.6) is 5.75 Å². The first-order valence-electron chi connectivity index (χ1n) is 6.99. The Morgan fingerprint density at radius 1 is 1.18 bits per heavy atom. The fourth-order valence-corrected chi connectivity index (χ4v) is 2.14. The predicted molar refractivity (Wildman–Crippen MR) is 81.0 cm³/mol. The fourth-order valence-electron chi connectivity index (χ4n) is 2.14. The van der Waals surface area contributed by atoms with Crippen LogP contribution < -0.4 is 4.74 Å². The molecule has 3 rings (SSSR count). The molecule has 1 aromatic heterocycles. The highest BCUT2D eigenvalue weighted by Crippen LogP contribution is 2.23. The average molecular weight is 297 g/mol. The van der Waals surface area contributed by atoms with E-state index in [0.717, 1.165) is 11.1 Å². The lowest BCUT2D eigenvalue weighted by Gasteiger charge is -2.03. The van der Waals surface area contributed by atoms with E-state index in [1.54, 1.807) is 12.1 Å². The summed E-state index contributed by atoms with van der Waals surface area (Å²) >= 11 is 0. The molecule has 0 aliphatic heterocycles. The minimum absolute atomic E-state index is 0.0340. The molecule has 0 saturated carbocycles. The number of carboxylic acid groups (broad SMARTS) is 1. The first-order chi connectivity index (χ1) is 10.7. The van der Waals surface area contributed by atoms with Crippen LogP contribution in [0.1, 0.15) is 17.9 Å². The van der Waals surface area contributed by atoms with Gasteiger partial charge in [-0.15, -0.1) is 0 Å². The molecule has 0 amide bonds. The van der Waals surface area contributed by atoms with E-state index >= 15 is 0 Å². The van der Waals surface area contributed by atoms with Gasteiger partial charge < -0.3 is 14.3 Å². The van der Waals surface area contributed by atoms with Crippen molar-refractivity contribution in [1.82, 2.24) is 4.98 Å². The Kier molecular flexibility index (Phi) is 4.05. The molecule has 0 aliphatic rings. The van der Waals surface area contributed by atoms with Crippen molar-refractivity contribution >= 4 is 17.1 Å². The molecule has 0 radical (unpaired) electrons. The van der Waals surface area contributed by atoms with Crippen molar-refractivity contribution in [2.75, 3.05) is 6.61 Å². The second kappa shape index (κ2) is 6.30. The van der Waals surface area contributed by atoms with Crippen molar-refractivity contribution in [2.45, 2.75) is 12.8 Å². The number of fused-ring (bicyclic) bond motifs is 1. The molecule has 22 heavy (non-hydrogen) atoms. The number of hydrogen-bond acceptors (Lipinski definition) is 4. The summed E-state index contributed by atoms with van der Waals surface area (Å²) in [6.07, 6.45) is 0.596. The molecular formula is C17H15NO4. The highest BCUT2D eigenvalue weighted by Gasteiger charge is 2.08. The van der Waals surface area contributed by atoms with Gasteiger partial charge in [0.25, 0.3) is 0 Å². The molecule has 0 unspecified atom stereocenters. The molecule has 112 valence electrons. The van der Waals surface area contributed by atoms with Crippen LogP contribution >= 0.6 is 0 Å². The second-order valence-electron chi connectivity index (χ2n) is 4.89. The summed E-state index contributed by atoms with van der Waals surface area (Å²) in [4.78, 5) is 14.9. The maximum atomic E-state index is 10.5. The third-order valence-electron chi connectivity index (χ3n) is 3.19. The highest BCUT2D eigenvalue weighted by atomic mass is 16.5. The summed E-state index contributed by atoms with van der Waals surface area (Å²) in [7, 11) is 0. The number of aromatic nitrogens is 1. The molecule has 0 spiro atoms. The van der Waals surface area contributed by atoms with Gasteiger partial charge in [0.05, 0.1) is 13.0 Å². The molecule has 1 heterocycles. The van der Waals surface area contributed by atoms with Gasteiger partial charge in [-0.1, -0.05) is 30.3 Å². The smallest absolute Gasteiger partial charge is 0.306 e. The number of aliphatic carboxylic acids is 1. The lowest BCUT2D eigenvalue weighted by atomic mass is 10.1. The Balaban J connectivity index is 1.74. The number of oxazole rings is 1. The first-order valence-corrected chi connectivity index (χ1v) is 6.99. The molecule has 0 saturated heterocycles. The molecule has 5 heteroatoms. The summed E-state index contributed by atoms with van der Waals surface area (Å²) in [5.74, 6) is 0.339. The minimum atomic E-state index is -0.883. The Labute approximate surface area is 127 Å².